The van der Waals surface area contributed by atoms with Crippen molar-refractivity contribution >= 4 is 22.8 Å². The molecule has 0 amide bonds. The monoisotopic (exact) mass is 210 g/mol. The van der Waals surface area contributed by atoms with Crippen LogP contribution in [0.5, 0.6) is 0 Å². The van der Waals surface area contributed by atoms with Crippen LogP contribution in [0.1, 0.15) is 6.92 Å². The molecule has 14 heavy (non-hydrogen) atoms. The zero-order chi connectivity index (χ0) is 10.4. The highest BCUT2D eigenvalue weighted by molar-refractivity contribution is 8.15. The SMILES string of the molecule is CCOC(=O)C(=O)Sc1ccccc1. The van der Waals surface area contributed by atoms with Gasteiger partial charge in [0.05, 0.1) is 6.61 Å². The number of ether oxygens (including phenoxy) is 1. The van der Waals surface area contributed by atoms with Gasteiger partial charge in [-0.15, -0.1) is 0 Å². The molecule has 74 valence electrons. The van der Waals surface area contributed by atoms with Crippen LogP contribution in [0.15, 0.2) is 35.2 Å². The minimum absolute atomic E-state index is 0.222. The van der Waals surface area contributed by atoms with Gasteiger partial charge in [-0.3, -0.25) is 4.79 Å². The lowest BCUT2D eigenvalue weighted by molar-refractivity contribution is -0.149. The van der Waals surface area contributed by atoms with Crippen LogP contribution < -0.4 is 0 Å². The minimum atomic E-state index is -0.790. The quantitative estimate of drug-likeness (QED) is 0.424. The number of carbonyl (C=O) groups excluding carboxylic acids is 2. The lowest BCUT2D eigenvalue weighted by Crippen LogP contribution is -2.13. The predicted molar refractivity (Wildman–Crippen MR) is 53.9 cm³/mol. The third-order valence-electron chi connectivity index (χ3n) is 1.40. The highest BCUT2D eigenvalue weighted by Gasteiger charge is 2.15. The highest BCUT2D eigenvalue weighted by Crippen LogP contribution is 2.18. The van der Waals surface area contributed by atoms with Gasteiger partial charge < -0.3 is 4.74 Å². The lowest BCUT2D eigenvalue weighted by Gasteiger charge is -1.99. The van der Waals surface area contributed by atoms with Crippen LogP contribution in [-0.4, -0.2) is 17.7 Å². The van der Waals surface area contributed by atoms with Crippen molar-refractivity contribution < 1.29 is 14.3 Å². The summed E-state index contributed by atoms with van der Waals surface area (Å²) in [4.78, 5) is 22.9. The highest BCUT2D eigenvalue weighted by atomic mass is 32.2. The first-order chi connectivity index (χ1) is 6.74. The molecule has 4 heteroatoms. The van der Waals surface area contributed by atoms with Crippen molar-refractivity contribution in [1.29, 1.82) is 0 Å². The molecule has 1 rings (SSSR count). The smallest absolute Gasteiger partial charge is 0.386 e. The van der Waals surface area contributed by atoms with E-state index in [1.807, 2.05) is 6.07 Å². The fourth-order valence-electron chi connectivity index (χ4n) is 0.827. The number of hydrogen-bond donors (Lipinski definition) is 0. The molecular weight excluding hydrogens is 200 g/mol. The minimum Gasteiger partial charge on any atom is -0.460 e. The number of hydrogen-bond acceptors (Lipinski definition) is 4. The normalized spacial score (nSPS) is 9.50. The molecule has 0 aliphatic carbocycles. The van der Waals surface area contributed by atoms with Gasteiger partial charge in [0.15, 0.2) is 0 Å². The Hall–Kier alpha value is -1.29. The van der Waals surface area contributed by atoms with E-state index in [0.717, 1.165) is 16.7 Å². The van der Waals surface area contributed by atoms with Crippen molar-refractivity contribution in [3.63, 3.8) is 0 Å². The zero-order valence-electron chi connectivity index (χ0n) is 7.73. The molecule has 0 atom stereocenters. The summed E-state index contributed by atoms with van der Waals surface area (Å²) in [6, 6.07) is 8.99. The first kappa shape index (κ1) is 10.8. The first-order valence-corrected chi connectivity index (χ1v) is 4.99. The summed E-state index contributed by atoms with van der Waals surface area (Å²) in [6.07, 6.45) is 0. The molecule has 0 heterocycles. The maximum atomic E-state index is 11.2. The molecule has 0 saturated carbocycles. The van der Waals surface area contributed by atoms with Crippen molar-refractivity contribution in [1.82, 2.24) is 0 Å². The van der Waals surface area contributed by atoms with E-state index in [0.29, 0.717) is 0 Å². The number of thioether (sulfide) groups is 1. The van der Waals surface area contributed by atoms with E-state index in [1.165, 1.54) is 0 Å². The van der Waals surface area contributed by atoms with Crippen LogP contribution in [0.2, 0.25) is 0 Å². The Bertz CT molecular complexity index is 321. The van der Waals surface area contributed by atoms with E-state index in [4.69, 9.17) is 0 Å². The summed E-state index contributed by atoms with van der Waals surface area (Å²) in [5.74, 6) is -0.790. The zero-order valence-corrected chi connectivity index (χ0v) is 8.54. The molecule has 0 aromatic heterocycles. The maximum Gasteiger partial charge on any atom is 0.386 e. The molecular formula is C10H10O3S. The molecule has 0 unspecified atom stereocenters. The molecule has 0 fully saturated rings. The third kappa shape index (κ3) is 3.22. The van der Waals surface area contributed by atoms with Gasteiger partial charge in [0.25, 0.3) is 0 Å². The summed E-state index contributed by atoms with van der Waals surface area (Å²) in [5, 5.41) is -0.585. The summed E-state index contributed by atoms with van der Waals surface area (Å²) in [6.45, 7) is 1.89. The fraction of sp³-hybridized carbons (Fsp3) is 0.200. The van der Waals surface area contributed by atoms with E-state index in [1.54, 1.807) is 31.2 Å². The Morgan fingerprint density at radius 3 is 2.50 bits per heavy atom. The fourth-order valence-corrected chi connectivity index (χ4v) is 1.48. The Labute approximate surface area is 86.5 Å². The molecule has 0 radical (unpaired) electrons. The number of esters is 1. The third-order valence-corrected chi connectivity index (χ3v) is 2.26. The van der Waals surface area contributed by atoms with Crippen LogP contribution in [0.3, 0.4) is 0 Å². The van der Waals surface area contributed by atoms with Crippen molar-refractivity contribution in [2.45, 2.75) is 11.8 Å². The van der Waals surface area contributed by atoms with Gasteiger partial charge in [-0.05, 0) is 30.8 Å². The Kier molecular flexibility index (Phi) is 4.19. The lowest BCUT2D eigenvalue weighted by atomic mass is 10.4. The molecule has 0 spiro atoms. The molecule has 1 aromatic rings. The standard InChI is InChI=1S/C10H10O3S/c1-2-13-9(11)10(12)14-8-6-4-3-5-7-8/h3-7H,2H2,1H3. The number of benzene rings is 1. The van der Waals surface area contributed by atoms with Crippen LogP contribution in [0, 0.1) is 0 Å². The van der Waals surface area contributed by atoms with E-state index in [9.17, 15) is 9.59 Å². The topological polar surface area (TPSA) is 43.4 Å². The predicted octanol–water partition coefficient (Wildman–Crippen LogP) is 1.87. The second-order valence-corrected chi connectivity index (χ2v) is 3.47. The summed E-state index contributed by atoms with van der Waals surface area (Å²) < 4.78 is 4.57. The second-order valence-electron chi connectivity index (χ2n) is 2.42. The van der Waals surface area contributed by atoms with Crippen molar-refractivity contribution in [3.05, 3.63) is 30.3 Å². The number of rotatable bonds is 2. The van der Waals surface area contributed by atoms with E-state index < -0.39 is 11.1 Å². The average Bonchev–Trinajstić information content (AvgIpc) is 2.19. The van der Waals surface area contributed by atoms with Gasteiger partial charge in [0.2, 0.25) is 0 Å². The van der Waals surface area contributed by atoms with Crippen LogP contribution in [0.25, 0.3) is 0 Å². The average molecular weight is 210 g/mol. The summed E-state index contributed by atoms with van der Waals surface area (Å²) in [5.41, 5.74) is 0. The number of carbonyl (C=O) groups is 2. The largest absolute Gasteiger partial charge is 0.460 e. The Balaban J connectivity index is 2.53. The van der Waals surface area contributed by atoms with Gasteiger partial charge in [-0.1, -0.05) is 18.2 Å². The van der Waals surface area contributed by atoms with E-state index in [-0.39, 0.29) is 6.61 Å². The van der Waals surface area contributed by atoms with Gasteiger partial charge >= 0.3 is 11.1 Å². The summed E-state index contributed by atoms with van der Waals surface area (Å²) in [7, 11) is 0. The molecule has 0 saturated heterocycles. The van der Waals surface area contributed by atoms with E-state index in [2.05, 4.69) is 4.74 Å². The van der Waals surface area contributed by atoms with Gasteiger partial charge in [0.1, 0.15) is 0 Å². The summed E-state index contributed by atoms with van der Waals surface area (Å²) >= 11 is 0.878. The van der Waals surface area contributed by atoms with Crippen LogP contribution in [-0.2, 0) is 14.3 Å². The van der Waals surface area contributed by atoms with Crippen LogP contribution in [0.4, 0.5) is 0 Å². The van der Waals surface area contributed by atoms with Crippen molar-refractivity contribution in [3.8, 4) is 0 Å². The molecule has 3 nitrogen and oxygen atoms in total. The molecule has 0 aliphatic rings. The van der Waals surface area contributed by atoms with Gasteiger partial charge in [-0.25, -0.2) is 4.79 Å². The molecule has 0 N–H and O–H groups in total. The van der Waals surface area contributed by atoms with E-state index >= 15 is 0 Å². The molecule has 1 aromatic carbocycles. The maximum absolute atomic E-state index is 11.2. The van der Waals surface area contributed by atoms with Gasteiger partial charge in [-0.2, -0.15) is 0 Å². The Morgan fingerprint density at radius 2 is 1.93 bits per heavy atom. The van der Waals surface area contributed by atoms with Crippen molar-refractivity contribution in [2.24, 2.45) is 0 Å². The van der Waals surface area contributed by atoms with Crippen LogP contribution >= 0.6 is 11.8 Å². The molecule has 0 aliphatic heterocycles. The molecule has 0 bridgehead atoms. The Morgan fingerprint density at radius 1 is 1.29 bits per heavy atom. The van der Waals surface area contributed by atoms with Gasteiger partial charge in [0, 0.05) is 4.90 Å². The van der Waals surface area contributed by atoms with Crippen molar-refractivity contribution in [2.75, 3.05) is 6.61 Å². The first-order valence-electron chi connectivity index (χ1n) is 4.18. The second kappa shape index (κ2) is 5.44.